The second-order valence-electron chi connectivity index (χ2n) is 6.53. The van der Waals surface area contributed by atoms with Gasteiger partial charge in [0, 0.05) is 29.6 Å². The number of pyridine rings is 1. The number of amides is 1. The van der Waals surface area contributed by atoms with E-state index >= 15 is 0 Å². The minimum Gasteiger partial charge on any atom is -0.378 e. The summed E-state index contributed by atoms with van der Waals surface area (Å²) in [4.78, 5) is 27.2. The lowest BCUT2D eigenvalue weighted by Gasteiger charge is -2.30. The second kappa shape index (κ2) is 5.81. The maximum atomic E-state index is 12.7. The number of nitrogens with one attached hydrogen (secondary N) is 2. The number of carbonyl (C=O) groups excluding carboxylic acids is 1. The molecular formula is C18H20N2O3. The number of hydrogen-bond acceptors (Lipinski definition) is 3. The fourth-order valence-corrected chi connectivity index (χ4v) is 3.41. The number of hydrogen-bond donors (Lipinski definition) is 2. The third-order valence-corrected chi connectivity index (χ3v) is 4.79. The summed E-state index contributed by atoms with van der Waals surface area (Å²) in [5.41, 5.74) is 0.878. The minimum atomic E-state index is -0.253. The Bertz CT molecular complexity index is 794. The van der Waals surface area contributed by atoms with E-state index < -0.39 is 0 Å². The summed E-state index contributed by atoms with van der Waals surface area (Å²) in [5.74, 6) is 0.504. The summed E-state index contributed by atoms with van der Waals surface area (Å²) in [6.07, 6.45) is 4.46. The van der Waals surface area contributed by atoms with Gasteiger partial charge >= 0.3 is 0 Å². The molecule has 2 N–H and O–H groups in total. The highest BCUT2D eigenvalue weighted by Crippen LogP contribution is 2.38. The highest BCUT2D eigenvalue weighted by atomic mass is 16.5. The molecule has 5 nitrogen and oxygen atoms in total. The van der Waals surface area contributed by atoms with Crippen molar-refractivity contribution in [3.05, 3.63) is 46.2 Å². The van der Waals surface area contributed by atoms with Gasteiger partial charge in [0.1, 0.15) is 0 Å². The molecule has 1 aromatic heterocycles. The topological polar surface area (TPSA) is 71.2 Å². The third-order valence-electron chi connectivity index (χ3n) is 4.79. The molecule has 1 aromatic carbocycles. The van der Waals surface area contributed by atoms with Crippen molar-refractivity contribution in [2.75, 3.05) is 6.61 Å². The zero-order valence-corrected chi connectivity index (χ0v) is 12.9. The molecule has 1 saturated carbocycles. The summed E-state index contributed by atoms with van der Waals surface area (Å²) in [7, 11) is 0. The Labute approximate surface area is 134 Å². The molecule has 0 bridgehead atoms. The third kappa shape index (κ3) is 3.01. The van der Waals surface area contributed by atoms with Crippen LogP contribution in [-0.2, 0) is 4.74 Å². The van der Waals surface area contributed by atoms with Crippen molar-refractivity contribution in [1.82, 2.24) is 10.3 Å². The van der Waals surface area contributed by atoms with E-state index in [4.69, 9.17) is 4.74 Å². The maximum absolute atomic E-state index is 12.7. The average molecular weight is 312 g/mol. The predicted octanol–water partition coefficient (Wildman–Crippen LogP) is 2.22. The van der Waals surface area contributed by atoms with Crippen LogP contribution in [-0.4, -0.2) is 29.6 Å². The van der Waals surface area contributed by atoms with Crippen LogP contribution in [0.4, 0.5) is 0 Å². The molecule has 23 heavy (non-hydrogen) atoms. The number of benzene rings is 1. The quantitative estimate of drug-likeness (QED) is 0.913. The van der Waals surface area contributed by atoms with Gasteiger partial charge in [0.25, 0.3) is 5.91 Å². The van der Waals surface area contributed by atoms with Crippen molar-refractivity contribution >= 4 is 16.8 Å². The monoisotopic (exact) mass is 312 g/mol. The van der Waals surface area contributed by atoms with Gasteiger partial charge < -0.3 is 15.0 Å². The van der Waals surface area contributed by atoms with Crippen molar-refractivity contribution in [2.45, 2.75) is 37.8 Å². The van der Waals surface area contributed by atoms with Gasteiger partial charge in [-0.3, -0.25) is 9.59 Å². The number of H-pyrrole nitrogens is 1. The Morgan fingerprint density at radius 1 is 1.22 bits per heavy atom. The van der Waals surface area contributed by atoms with Crippen LogP contribution >= 0.6 is 0 Å². The lowest BCUT2D eigenvalue weighted by atomic mass is 9.99. The summed E-state index contributed by atoms with van der Waals surface area (Å²) in [6.45, 7) is 0.697. The Balaban J connectivity index is 1.56. The number of ether oxygens (including phenoxy) is 1. The normalized spacial score (nSPS) is 24.5. The van der Waals surface area contributed by atoms with E-state index in [1.807, 2.05) is 24.3 Å². The first-order valence-corrected chi connectivity index (χ1v) is 8.25. The maximum Gasteiger partial charge on any atom is 0.252 e. The van der Waals surface area contributed by atoms with Crippen molar-refractivity contribution in [3.8, 4) is 0 Å². The molecular weight excluding hydrogens is 292 g/mol. The van der Waals surface area contributed by atoms with Gasteiger partial charge in [0.2, 0.25) is 5.56 Å². The molecule has 120 valence electrons. The number of para-hydroxylation sites is 1. The zero-order chi connectivity index (χ0) is 15.8. The molecule has 2 aromatic rings. The molecule has 2 fully saturated rings. The predicted molar refractivity (Wildman–Crippen MR) is 87.5 cm³/mol. The highest BCUT2D eigenvalue weighted by molar-refractivity contribution is 6.06. The molecule has 1 aliphatic heterocycles. The number of fused-ring (bicyclic) bond motifs is 1. The number of aromatic amines is 1. The van der Waals surface area contributed by atoms with Crippen LogP contribution in [0.1, 0.15) is 36.0 Å². The van der Waals surface area contributed by atoms with E-state index in [9.17, 15) is 9.59 Å². The summed E-state index contributed by atoms with van der Waals surface area (Å²) in [5, 5.41) is 3.87. The van der Waals surface area contributed by atoms with Crippen LogP contribution in [0.2, 0.25) is 0 Å². The number of aromatic nitrogens is 1. The molecule has 2 unspecified atom stereocenters. The van der Waals surface area contributed by atoms with Crippen LogP contribution in [0.3, 0.4) is 0 Å². The van der Waals surface area contributed by atoms with Crippen molar-refractivity contribution in [3.63, 3.8) is 0 Å². The van der Waals surface area contributed by atoms with Gasteiger partial charge in [-0.15, -0.1) is 0 Å². The Morgan fingerprint density at radius 3 is 2.87 bits per heavy atom. The van der Waals surface area contributed by atoms with Crippen molar-refractivity contribution in [1.29, 1.82) is 0 Å². The fourth-order valence-electron chi connectivity index (χ4n) is 3.41. The number of carbonyl (C=O) groups is 1. The summed E-state index contributed by atoms with van der Waals surface area (Å²) < 4.78 is 5.80. The zero-order valence-electron chi connectivity index (χ0n) is 12.9. The van der Waals surface area contributed by atoms with E-state index in [1.165, 1.54) is 18.9 Å². The molecule has 2 atom stereocenters. The molecule has 0 radical (unpaired) electrons. The smallest absolute Gasteiger partial charge is 0.252 e. The highest BCUT2D eigenvalue weighted by Gasteiger charge is 2.36. The van der Waals surface area contributed by atoms with Crippen molar-refractivity contribution < 1.29 is 9.53 Å². The molecule has 1 aliphatic carbocycles. The molecule has 0 spiro atoms. The van der Waals surface area contributed by atoms with Gasteiger partial charge in [0.15, 0.2) is 0 Å². The van der Waals surface area contributed by atoms with E-state index in [1.54, 1.807) is 0 Å². The summed E-state index contributed by atoms with van der Waals surface area (Å²) >= 11 is 0. The fraction of sp³-hybridized carbons (Fsp3) is 0.444. The lowest BCUT2D eigenvalue weighted by molar-refractivity contribution is -0.0102. The van der Waals surface area contributed by atoms with Crippen LogP contribution in [0.15, 0.2) is 35.1 Å². The van der Waals surface area contributed by atoms with Gasteiger partial charge in [-0.25, -0.2) is 0 Å². The first-order chi connectivity index (χ1) is 11.2. The largest absolute Gasteiger partial charge is 0.378 e. The second-order valence-corrected chi connectivity index (χ2v) is 6.53. The Morgan fingerprint density at radius 2 is 2.04 bits per heavy atom. The van der Waals surface area contributed by atoms with E-state index in [-0.39, 0.29) is 23.6 Å². The summed E-state index contributed by atoms with van der Waals surface area (Å²) in [6, 6.07) is 8.89. The van der Waals surface area contributed by atoms with Crippen LogP contribution in [0, 0.1) is 5.92 Å². The Kier molecular flexibility index (Phi) is 3.65. The van der Waals surface area contributed by atoms with E-state index in [2.05, 4.69) is 10.3 Å². The van der Waals surface area contributed by atoms with Crippen molar-refractivity contribution in [2.24, 2.45) is 5.92 Å². The molecule has 2 heterocycles. The minimum absolute atomic E-state index is 0.125. The van der Waals surface area contributed by atoms with Crippen LogP contribution in [0.5, 0.6) is 0 Å². The lowest BCUT2D eigenvalue weighted by Crippen LogP contribution is -2.42. The standard InChI is InChI=1S/C18H20N2O3/c21-17-10-14(13-3-1-2-4-15(13)20-17)18(22)19-12-7-8-23-16(9-12)11-5-6-11/h1-4,10-12,16H,5-9H2,(H,19,22)(H,20,21). The van der Waals surface area contributed by atoms with E-state index in [0.29, 0.717) is 23.6 Å². The van der Waals surface area contributed by atoms with E-state index in [0.717, 1.165) is 18.2 Å². The Hall–Kier alpha value is -2.14. The van der Waals surface area contributed by atoms with Gasteiger partial charge in [0.05, 0.1) is 11.7 Å². The molecule has 1 amide bonds. The number of rotatable bonds is 3. The molecule has 2 aliphatic rings. The average Bonchev–Trinajstić information content (AvgIpc) is 3.39. The first-order valence-electron chi connectivity index (χ1n) is 8.25. The van der Waals surface area contributed by atoms with Crippen LogP contribution in [0.25, 0.3) is 10.9 Å². The van der Waals surface area contributed by atoms with Gasteiger partial charge in [-0.2, -0.15) is 0 Å². The van der Waals surface area contributed by atoms with Gasteiger partial charge in [-0.05, 0) is 37.7 Å². The van der Waals surface area contributed by atoms with Crippen LogP contribution < -0.4 is 10.9 Å². The molecule has 1 saturated heterocycles. The first kappa shape index (κ1) is 14.5. The SMILES string of the molecule is O=C(NC1CCOC(C2CC2)C1)c1cc(=O)[nH]c2ccccc12. The van der Waals surface area contributed by atoms with Gasteiger partial charge in [-0.1, -0.05) is 18.2 Å². The molecule has 5 heteroatoms. The molecule has 4 rings (SSSR count).